The molecule has 0 fully saturated rings. The van der Waals surface area contributed by atoms with Gasteiger partial charge in [0.05, 0.1) is 12.8 Å². The van der Waals surface area contributed by atoms with Gasteiger partial charge in [0.1, 0.15) is 18.1 Å². The summed E-state index contributed by atoms with van der Waals surface area (Å²) in [5.74, 6) is 1.03. The number of ether oxygens (including phenoxy) is 2. The molecule has 2 aromatic rings. The van der Waals surface area contributed by atoms with Gasteiger partial charge in [-0.1, -0.05) is 24.8 Å². The number of benzene rings is 2. The maximum absolute atomic E-state index is 12.0. The molecule has 5 heteroatoms. The molecule has 0 saturated carbocycles. The Morgan fingerprint density at radius 2 is 2.12 bits per heavy atom. The first-order valence-corrected chi connectivity index (χ1v) is 7.38. The van der Waals surface area contributed by atoms with Crippen molar-refractivity contribution in [3.63, 3.8) is 0 Å². The van der Waals surface area contributed by atoms with Crippen LogP contribution in [0.5, 0.6) is 11.5 Å². The van der Waals surface area contributed by atoms with Crippen molar-refractivity contribution in [1.82, 2.24) is 0 Å². The van der Waals surface area contributed by atoms with Gasteiger partial charge >= 0.3 is 0 Å². The van der Waals surface area contributed by atoms with E-state index in [1.54, 1.807) is 49.6 Å². The van der Waals surface area contributed by atoms with Gasteiger partial charge < -0.3 is 20.5 Å². The molecule has 0 aliphatic rings. The Labute approximate surface area is 141 Å². The maximum atomic E-state index is 12.0. The van der Waals surface area contributed by atoms with E-state index >= 15 is 0 Å². The maximum Gasteiger partial charge on any atom is 0.248 e. The summed E-state index contributed by atoms with van der Waals surface area (Å²) in [5, 5.41) is 2.77. The van der Waals surface area contributed by atoms with Crippen molar-refractivity contribution >= 4 is 23.4 Å². The van der Waals surface area contributed by atoms with E-state index in [-0.39, 0.29) is 5.91 Å². The third-order valence-corrected chi connectivity index (χ3v) is 3.15. The van der Waals surface area contributed by atoms with Crippen LogP contribution in [0, 0.1) is 0 Å². The fourth-order valence-corrected chi connectivity index (χ4v) is 2.01. The van der Waals surface area contributed by atoms with Crippen LogP contribution in [0.25, 0.3) is 6.08 Å². The molecule has 0 bridgehead atoms. The number of rotatable bonds is 7. The highest BCUT2D eigenvalue weighted by Gasteiger charge is 2.02. The van der Waals surface area contributed by atoms with Gasteiger partial charge in [-0.3, -0.25) is 4.79 Å². The first-order chi connectivity index (χ1) is 11.6. The smallest absolute Gasteiger partial charge is 0.248 e. The number of hydrogen-bond acceptors (Lipinski definition) is 4. The quantitative estimate of drug-likeness (QED) is 0.464. The summed E-state index contributed by atoms with van der Waals surface area (Å²) in [5.41, 5.74) is 7.89. The van der Waals surface area contributed by atoms with Gasteiger partial charge in [0.2, 0.25) is 5.91 Å². The Hall–Kier alpha value is -3.21. The van der Waals surface area contributed by atoms with Crippen molar-refractivity contribution < 1.29 is 14.3 Å². The lowest BCUT2D eigenvalue weighted by Crippen LogP contribution is -2.07. The number of anilines is 2. The summed E-state index contributed by atoms with van der Waals surface area (Å²) in [4.78, 5) is 12.0. The number of methoxy groups -OCH3 is 1. The van der Waals surface area contributed by atoms with Crippen LogP contribution in [0.1, 0.15) is 5.56 Å². The van der Waals surface area contributed by atoms with E-state index in [4.69, 9.17) is 15.2 Å². The zero-order valence-corrected chi connectivity index (χ0v) is 13.5. The molecule has 124 valence electrons. The Bertz CT molecular complexity index is 754. The van der Waals surface area contributed by atoms with E-state index in [1.807, 2.05) is 12.1 Å². The molecule has 3 N–H and O–H groups in total. The molecule has 0 aliphatic heterocycles. The summed E-state index contributed by atoms with van der Waals surface area (Å²) in [6.07, 6.45) is 4.78. The second-order valence-electron chi connectivity index (χ2n) is 4.95. The van der Waals surface area contributed by atoms with Gasteiger partial charge in [0.15, 0.2) is 0 Å². The lowest BCUT2D eigenvalue weighted by atomic mass is 10.1. The number of nitrogen functional groups attached to an aromatic ring is 1. The molecular formula is C19H20N2O3. The first-order valence-electron chi connectivity index (χ1n) is 7.38. The number of amides is 1. The van der Waals surface area contributed by atoms with Crippen LogP contribution in [-0.2, 0) is 4.79 Å². The number of hydrogen-bond donors (Lipinski definition) is 2. The molecule has 0 saturated heterocycles. The Morgan fingerprint density at radius 3 is 2.83 bits per heavy atom. The standard InChI is InChI=1S/C19H20N2O3/c1-3-11-24-18-9-7-14(12-17(18)20)8-10-19(22)21-15-5-4-6-16(13-15)23-2/h3-10,12-13H,1,11,20H2,2H3,(H,21,22)/b10-8-. The summed E-state index contributed by atoms with van der Waals surface area (Å²) in [6.45, 7) is 3.98. The summed E-state index contributed by atoms with van der Waals surface area (Å²) < 4.78 is 10.5. The van der Waals surface area contributed by atoms with Crippen LogP contribution in [0.3, 0.4) is 0 Å². The van der Waals surface area contributed by atoms with E-state index in [2.05, 4.69) is 11.9 Å². The number of carbonyl (C=O) groups excluding carboxylic acids is 1. The Morgan fingerprint density at radius 1 is 1.29 bits per heavy atom. The second kappa shape index (κ2) is 8.43. The zero-order chi connectivity index (χ0) is 17.4. The molecule has 24 heavy (non-hydrogen) atoms. The van der Waals surface area contributed by atoms with Gasteiger partial charge in [-0.25, -0.2) is 0 Å². The molecule has 5 nitrogen and oxygen atoms in total. The molecule has 0 spiro atoms. The zero-order valence-electron chi connectivity index (χ0n) is 13.5. The molecule has 2 aromatic carbocycles. The Balaban J connectivity index is 2.00. The molecule has 0 aromatic heterocycles. The molecule has 2 rings (SSSR count). The minimum atomic E-state index is -0.242. The molecule has 0 heterocycles. The van der Waals surface area contributed by atoms with E-state index < -0.39 is 0 Å². The topological polar surface area (TPSA) is 73.6 Å². The summed E-state index contributed by atoms with van der Waals surface area (Å²) >= 11 is 0. The lowest BCUT2D eigenvalue weighted by molar-refractivity contribution is -0.111. The van der Waals surface area contributed by atoms with Crippen molar-refractivity contribution in [3.05, 3.63) is 66.8 Å². The SMILES string of the molecule is C=CCOc1ccc(/C=C\C(=O)Nc2cccc(OC)c2)cc1N. The molecular weight excluding hydrogens is 304 g/mol. The number of nitrogens with one attached hydrogen (secondary N) is 1. The monoisotopic (exact) mass is 324 g/mol. The molecule has 0 unspecified atom stereocenters. The average molecular weight is 324 g/mol. The van der Waals surface area contributed by atoms with Crippen molar-refractivity contribution in [2.45, 2.75) is 0 Å². The fraction of sp³-hybridized carbons (Fsp3) is 0.105. The predicted octanol–water partition coefficient (Wildman–Crippen LogP) is 3.49. The number of nitrogens with two attached hydrogens (primary N) is 1. The van der Waals surface area contributed by atoms with Crippen molar-refractivity contribution in [2.24, 2.45) is 0 Å². The van der Waals surface area contributed by atoms with E-state index in [9.17, 15) is 4.79 Å². The molecule has 0 radical (unpaired) electrons. The molecule has 1 amide bonds. The van der Waals surface area contributed by atoms with Crippen LogP contribution < -0.4 is 20.5 Å². The predicted molar refractivity (Wildman–Crippen MR) is 97.2 cm³/mol. The summed E-state index contributed by atoms with van der Waals surface area (Å²) in [6, 6.07) is 12.5. The van der Waals surface area contributed by atoms with Gasteiger partial charge in [-0.15, -0.1) is 0 Å². The second-order valence-corrected chi connectivity index (χ2v) is 4.95. The highest BCUT2D eigenvalue weighted by molar-refractivity contribution is 6.02. The highest BCUT2D eigenvalue weighted by atomic mass is 16.5. The third-order valence-electron chi connectivity index (χ3n) is 3.15. The molecule has 0 atom stereocenters. The minimum Gasteiger partial charge on any atom is -0.497 e. The van der Waals surface area contributed by atoms with Crippen LogP contribution in [0.2, 0.25) is 0 Å². The average Bonchev–Trinajstić information content (AvgIpc) is 2.59. The highest BCUT2D eigenvalue weighted by Crippen LogP contribution is 2.23. The van der Waals surface area contributed by atoms with Crippen LogP contribution in [0.4, 0.5) is 11.4 Å². The third kappa shape index (κ3) is 4.91. The van der Waals surface area contributed by atoms with Crippen molar-refractivity contribution in [1.29, 1.82) is 0 Å². The van der Waals surface area contributed by atoms with Gasteiger partial charge in [-0.05, 0) is 35.9 Å². The van der Waals surface area contributed by atoms with Crippen molar-refractivity contribution in [3.8, 4) is 11.5 Å². The van der Waals surface area contributed by atoms with E-state index in [1.165, 1.54) is 6.08 Å². The van der Waals surface area contributed by atoms with Crippen LogP contribution >= 0.6 is 0 Å². The molecule has 0 aliphatic carbocycles. The fourth-order valence-electron chi connectivity index (χ4n) is 2.01. The van der Waals surface area contributed by atoms with Gasteiger partial charge in [0.25, 0.3) is 0 Å². The Kier molecular flexibility index (Phi) is 6.02. The largest absolute Gasteiger partial charge is 0.497 e. The van der Waals surface area contributed by atoms with E-state index in [0.717, 1.165) is 5.56 Å². The van der Waals surface area contributed by atoms with Crippen LogP contribution in [0.15, 0.2) is 61.2 Å². The van der Waals surface area contributed by atoms with E-state index in [0.29, 0.717) is 29.5 Å². The lowest BCUT2D eigenvalue weighted by Gasteiger charge is -2.07. The summed E-state index contributed by atoms with van der Waals surface area (Å²) in [7, 11) is 1.58. The number of carbonyl (C=O) groups is 1. The van der Waals surface area contributed by atoms with Crippen LogP contribution in [-0.4, -0.2) is 19.6 Å². The normalized spacial score (nSPS) is 10.4. The minimum absolute atomic E-state index is 0.242. The first kappa shape index (κ1) is 17.1. The van der Waals surface area contributed by atoms with Crippen molar-refractivity contribution in [2.75, 3.05) is 24.8 Å². The van der Waals surface area contributed by atoms with Gasteiger partial charge in [-0.2, -0.15) is 0 Å². The van der Waals surface area contributed by atoms with Gasteiger partial charge in [0, 0.05) is 17.8 Å².